The normalized spacial score (nSPS) is 18.0. The molecule has 4 nitrogen and oxygen atoms in total. The van der Waals surface area contributed by atoms with Crippen molar-refractivity contribution in [2.75, 3.05) is 6.61 Å². The highest BCUT2D eigenvalue weighted by Gasteiger charge is 2.34. The van der Waals surface area contributed by atoms with Crippen molar-refractivity contribution in [1.29, 1.82) is 0 Å². The predicted octanol–water partition coefficient (Wildman–Crippen LogP) is 4.55. The molecule has 0 unspecified atom stereocenters. The van der Waals surface area contributed by atoms with Crippen LogP contribution in [0.15, 0.2) is 46.9 Å². The Morgan fingerprint density at radius 2 is 2.00 bits per heavy atom. The molecule has 1 aliphatic heterocycles. The Balaban J connectivity index is 1.68. The Morgan fingerprint density at radius 3 is 2.72 bits per heavy atom. The number of carbonyl (C=O) groups is 1. The zero-order valence-corrected chi connectivity index (χ0v) is 16.2. The van der Waals surface area contributed by atoms with Gasteiger partial charge in [0.2, 0.25) is 0 Å². The zero-order valence-electron chi connectivity index (χ0n) is 14.6. The maximum atomic E-state index is 12.4. The maximum Gasteiger partial charge on any atom is 0.258 e. The fourth-order valence-corrected chi connectivity index (χ4v) is 3.28. The van der Waals surface area contributed by atoms with Crippen molar-refractivity contribution in [3.05, 3.63) is 58.1 Å². The average molecular weight is 404 g/mol. The summed E-state index contributed by atoms with van der Waals surface area (Å²) in [5.41, 5.74) is 1.84. The number of fused-ring (bicyclic) bond motifs is 1. The van der Waals surface area contributed by atoms with Crippen molar-refractivity contribution in [2.45, 2.75) is 38.8 Å². The van der Waals surface area contributed by atoms with E-state index >= 15 is 0 Å². The van der Waals surface area contributed by atoms with Crippen LogP contribution in [0.5, 0.6) is 11.5 Å². The number of benzene rings is 2. The van der Waals surface area contributed by atoms with E-state index < -0.39 is 0 Å². The van der Waals surface area contributed by atoms with Crippen LogP contribution in [-0.4, -0.2) is 18.1 Å². The van der Waals surface area contributed by atoms with Crippen LogP contribution in [0.25, 0.3) is 0 Å². The van der Waals surface area contributed by atoms with Gasteiger partial charge in [0, 0.05) is 16.5 Å². The zero-order chi connectivity index (χ0) is 18.0. The van der Waals surface area contributed by atoms with Gasteiger partial charge < -0.3 is 14.8 Å². The van der Waals surface area contributed by atoms with E-state index in [-0.39, 0.29) is 24.2 Å². The van der Waals surface area contributed by atoms with Gasteiger partial charge in [0.05, 0.1) is 6.04 Å². The van der Waals surface area contributed by atoms with Crippen molar-refractivity contribution < 1.29 is 14.3 Å². The molecule has 1 heterocycles. The predicted molar refractivity (Wildman–Crippen MR) is 101 cm³/mol. The lowest BCUT2D eigenvalue weighted by Gasteiger charge is -2.38. The Kier molecular flexibility index (Phi) is 5.04. The lowest BCUT2D eigenvalue weighted by molar-refractivity contribution is -0.124. The summed E-state index contributed by atoms with van der Waals surface area (Å²) >= 11 is 3.38. The van der Waals surface area contributed by atoms with E-state index in [1.54, 1.807) is 0 Å². The molecule has 2 aromatic carbocycles. The molecule has 3 rings (SSSR count). The monoisotopic (exact) mass is 403 g/mol. The highest BCUT2D eigenvalue weighted by atomic mass is 79.9. The maximum absolute atomic E-state index is 12.4. The fraction of sp³-hybridized carbons (Fsp3) is 0.350. The third-order valence-electron chi connectivity index (χ3n) is 4.14. The fourth-order valence-electron chi connectivity index (χ4n) is 3.02. The van der Waals surface area contributed by atoms with Gasteiger partial charge in [-0.3, -0.25) is 4.79 Å². The molecule has 0 aromatic heterocycles. The summed E-state index contributed by atoms with van der Waals surface area (Å²) in [6.45, 7) is 6.09. The summed E-state index contributed by atoms with van der Waals surface area (Å²) in [6.07, 6.45) is 0.716. The lowest BCUT2D eigenvalue weighted by Crippen LogP contribution is -2.42. The first kappa shape index (κ1) is 17.8. The Hall–Kier alpha value is -2.01. The van der Waals surface area contributed by atoms with Crippen LogP contribution < -0.4 is 14.8 Å². The standard InChI is InChI=1S/C20H22BrNO3/c1-13-4-9-18-16(10-13)17(11-20(2,3)25-18)22-19(23)12-24-15-7-5-14(21)6-8-15/h4-10,17H,11-12H2,1-3H3,(H,22,23)/t17-/m0/s1. The first-order chi connectivity index (χ1) is 11.8. The van der Waals surface area contributed by atoms with Gasteiger partial charge >= 0.3 is 0 Å². The van der Waals surface area contributed by atoms with Crippen molar-refractivity contribution in [3.8, 4) is 11.5 Å². The molecule has 132 valence electrons. The van der Waals surface area contributed by atoms with Crippen LogP contribution in [-0.2, 0) is 4.79 Å². The highest BCUT2D eigenvalue weighted by molar-refractivity contribution is 9.10. The number of hydrogen-bond acceptors (Lipinski definition) is 3. The summed E-state index contributed by atoms with van der Waals surface area (Å²) in [5, 5.41) is 3.09. The summed E-state index contributed by atoms with van der Waals surface area (Å²) in [7, 11) is 0. The highest BCUT2D eigenvalue weighted by Crippen LogP contribution is 2.39. The molecular formula is C20H22BrNO3. The SMILES string of the molecule is Cc1ccc2c(c1)[C@@H](NC(=O)COc1ccc(Br)cc1)CC(C)(C)O2. The van der Waals surface area contributed by atoms with Gasteiger partial charge in [0.25, 0.3) is 5.91 Å². The molecule has 1 atom stereocenters. The summed E-state index contributed by atoms with van der Waals surface area (Å²) < 4.78 is 12.6. The molecule has 0 bridgehead atoms. The molecule has 1 N–H and O–H groups in total. The minimum atomic E-state index is -0.327. The quantitative estimate of drug-likeness (QED) is 0.813. The number of halogens is 1. The number of nitrogens with one attached hydrogen (secondary N) is 1. The van der Waals surface area contributed by atoms with Gasteiger partial charge in [0.15, 0.2) is 6.61 Å². The summed E-state index contributed by atoms with van der Waals surface area (Å²) in [5.74, 6) is 1.36. The van der Waals surface area contributed by atoms with E-state index in [1.165, 1.54) is 0 Å². The lowest BCUT2D eigenvalue weighted by atomic mass is 9.89. The molecule has 1 aliphatic rings. The Labute approximate surface area is 156 Å². The van der Waals surface area contributed by atoms with Gasteiger partial charge in [-0.2, -0.15) is 0 Å². The van der Waals surface area contributed by atoms with E-state index in [0.29, 0.717) is 12.2 Å². The second kappa shape index (κ2) is 7.08. The topological polar surface area (TPSA) is 47.6 Å². The first-order valence-electron chi connectivity index (χ1n) is 8.30. The smallest absolute Gasteiger partial charge is 0.258 e. The van der Waals surface area contributed by atoms with Crippen molar-refractivity contribution in [2.24, 2.45) is 0 Å². The van der Waals surface area contributed by atoms with Crippen LogP contribution in [0.4, 0.5) is 0 Å². The minimum absolute atomic E-state index is 0.0133. The first-order valence-corrected chi connectivity index (χ1v) is 9.09. The van der Waals surface area contributed by atoms with E-state index in [2.05, 4.69) is 27.3 Å². The molecule has 0 spiro atoms. The largest absolute Gasteiger partial charge is 0.487 e. The average Bonchev–Trinajstić information content (AvgIpc) is 2.54. The van der Waals surface area contributed by atoms with Gasteiger partial charge in [-0.05, 0) is 51.1 Å². The van der Waals surface area contributed by atoms with Crippen LogP contribution in [0, 0.1) is 6.92 Å². The van der Waals surface area contributed by atoms with Crippen LogP contribution in [0.1, 0.15) is 37.4 Å². The summed E-state index contributed by atoms with van der Waals surface area (Å²) in [6, 6.07) is 13.4. The van der Waals surface area contributed by atoms with Crippen molar-refractivity contribution in [3.63, 3.8) is 0 Å². The van der Waals surface area contributed by atoms with E-state index in [1.807, 2.05) is 57.2 Å². The number of ether oxygens (including phenoxy) is 2. The van der Waals surface area contributed by atoms with Gasteiger partial charge in [-0.25, -0.2) is 0 Å². The number of hydrogen-bond donors (Lipinski definition) is 1. The summed E-state index contributed by atoms with van der Waals surface area (Å²) in [4.78, 5) is 12.4. The number of aryl methyl sites for hydroxylation is 1. The van der Waals surface area contributed by atoms with E-state index in [0.717, 1.165) is 21.3 Å². The molecule has 25 heavy (non-hydrogen) atoms. The Bertz CT molecular complexity index is 771. The van der Waals surface area contributed by atoms with E-state index in [9.17, 15) is 4.79 Å². The van der Waals surface area contributed by atoms with Crippen molar-refractivity contribution in [1.82, 2.24) is 5.32 Å². The van der Waals surface area contributed by atoms with Gasteiger partial charge in [0.1, 0.15) is 17.1 Å². The molecule has 2 aromatic rings. The second-order valence-corrected chi connectivity index (χ2v) is 7.89. The molecule has 0 saturated carbocycles. The molecule has 0 radical (unpaired) electrons. The number of rotatable bonds is 4. The Morgan fingerprint density at radius 1 is 1.28 bits per heavy atom. The third kappa shape index (κ3) is 4.54. The van der Waals surface area contributed by atoms with Crippen molar-refractivity contribution >= 4 is 21.8 Å². The van der Waals surface area contributed by atoms with Crippen LogP contribution in [0.3, 0.4) is 0 Å². The van der Waals surface area contributed by atoms with Crippen LogP contribution >= 0.6 is 15.9 Å². The second-order valence-electron chi connectivity index (χ2n) is 6.97. The molecule has 1 amide bonds. The molecule has 0 aliphatic carbocycles. The molecule has 0 saturated heterocycles. The third-order valence-corrected chi connectivity index (χ3v) is 4.67. The van der Waals surface area contributed by atoms with Gasteiger partial charge in [-0.1, -0.05) is 33.6 Å². The number of carbonyl (C=O) groups excluding carboxylic acids is 1. The molecular weight excluding hydrogens is 382 g/mol. The van der Waals surface area contributed by atoms with Gasteiger partial charge in [-0.15, -0.1) is 0 Å². The molecule has 0 fully saturated rings. The minimum Gasteiger partial charge on any atom is -0.487 e. The van der Waals surface area contributed by atoms with E-state index in [4.69, 9.17) is 9.47 Å². The molecule has 5 heteroatoms. The number of amides is 1. The van der Waals surface area contributed by atoms with Crippen LogP contribution in [0.2, 0.25) is 0 Å².